The summed E-state index contributed by atoms with van der Waals surface area (Å²) in [7, 11) is 5.34. The zero-order valence-corrected chi connectivity index (χ0v) is 12.7. The molecule has 0 aliphatic heterocycles. The van der Waals surface area contributed by atoms with Gasteiger partial charge in [0.2, 0.25) is 0 Å². The van der Waals surface area contributed by atoms with Gasteiger partial charge in [-0.25, -0.2) is 0 Å². The van der Waals surface area contributed by atoms with Crippen LogP contribution >= 0.6 is 11.6 Å². The van der Waals surface area contributed by atoms with Gasteiger partial charge in [-0.1, -0.05) is 23.7 Å². The quantitative estimate of drug-likeness (QED) is 0.754. The van der Waals surface area contributed by atoms with Crippen molar-refractivity contribution in [3.63, 3.8) is 0 Å². The Kier molecular flexibility index (Phi) is 7.82. The van der Waals surface area contributed by atoms with E-state index in [2.05, 4.69) is 16.3 Å². The van der Waals surface area contributed by atoms with Crippen LogP contribution in [0, 0.1) is 0 Å². The van der Waals surface area contributed by atoms with Gasteiger partial charge in [-0.15, -0.1) is 0 Å². The maximum atomic E-state index is 6.37. The molecule has 0 aliphatic carbocycles. The van der Waals surface area contributed by atoms with E-state index in [-0.39, 0.29) is 0 Å². The molecule has 4 nitrogen and oxygen atoms in total. The Morgan fingerprint density at radius 2 is 1.79 bits per heavy atom. The molecule has 1 N–H and O–H groups in total. The Balaban J connectivity index is 2.97. The third kappa shape index (κ3) is 4.99. The van der Waals surface area contributed by atoms with Gasteiger partial charge in [0, 0.05) is 33.9 Å². The molecule has 0 spiro atoms. The fourth-order valence-corrected chi connectivity index (χ4v) is 2.30. The third-order valence-corrected chi connectivity index (χ3v) is 3.19. The van der Waals surface area contributed by atoms with E-state index in [1.54, 1.807) is 14.2 Å². The molecule has 5 heteroatoms. The number of para-hydroxylation sites is 1. The van der Waals surface area contributed by atoms with E-state index < -0.39 is 0 Å². The number of ether oxygens (including phenoxy) is 2. The van der Waals surface area contributed by atoms with Crippen molar-refractivity contribution >= 4 is 17.3 Å². The Hall–Kier alpha value is -0.810. The van der Waals surface area contributed by atoms with Gasteiger partial charge in [-0.05, 0) is 18.7 Å². The second-order valence-electron chi connectivity index (χ2n) is 4.25. The molecule has 1 aromatic carbocycles. The van der Waals surface area contributed by atoms with Gasteiger partial charge in [-0.3, -0.25) is 0 Å². The number of hydrogen-bond donors (Lipinski definition) is 1. The molecule has 0 aliphatic rings. The zero-order valence-electron chi connectivity index (χ0n) is 11.9. The van der Waals surface area contributed by atoms with Crippen molar-refractivity contribution in [3.8, 4) is 0 Å². The van der Waals surface area contributed by atoms with Gasteiger partial charge >= 0.3 is 0 Å². The highest BCUT2D eigenvalue weighted by molar-refractivity contribution is 6.33. The number of methoxy groups -OCH3 is 2. The highest BCUT2D eigenvalue weighted by atomic mass is 35.5. The van der Waals surface area contributed by atoms with Crippen LogP contribution in [0.15, 0.2) is 18.2 Å². The fraction of sp³-hybridized carbons (Fsp3) is 0.571. The summed E-state index contributed by atoms with van der Waals surface area (Å²) >= 11 is 6.37. The van der Waals surface area contributed by atoms with Crippen molar-refractivity contribution < 1.29 is 9.47 Å². The predicted molar refractivity (Wildman–Crippen MR) is 80.2 cm³/mol. The van der Waals surface area contributed by atoms with E-state index in [1.807, 2.05) is 19.2 Å². The van der Waals surface area contributed by atoms with Crippen LogP contribution in [0.25, 0.3) is 0 Å². The predicted octanol–water partition coefficient (Wildman–Crippen LogP) is 2.16. The number of anilines is 1. The number of nitrogens with one attached hydrogen (secondary N) is 1. The van der Waals surface area contributed by atoms with Crippen LogP contribution in [-0.4, -0.2) is 47.6 Å². The lowest BCUT2D eigenvalue weighted by Crippen LogP contribution is -2.32. The summed E-state index contributed by atoms with van der Waals surface area (Å²) in [4.78, 5) is 2.21. The number of rotatable bonds is 9. The molecule has 0 saturated carbocycles. The van der Waals surface area contributed by atoms with Gasteiger partial charge in [0.25, 0.3) is 0 Å². The van der Waals surface area contributed by atoms with E-state index >= 15 is 0 Å². The Labute approximate surface area is 120 Å². The molecule has 0 aromatic heterocycles. The number of halogens is 1. The van der Waals surface area contributed by atoms with Crippen LogP contribution < -0.4 is 10.2 Å². The number of nitrogens with zero attached hydrogens (tertiary/aromatic N) is 1. The van der Waals surface area contributed by atoms with E-state index in [4.69, 9.17) is 21.1 Å². The van der Waals surface area contributed by atoms with Crippen molar-refractivity contribution in [1.29, 1.82) is 0 Å². The summed E-state index contributed by atoms with van der Waals surface area (Å²) in [5.41, 5.74) is 2.25. The minimum Gasteiger partial charge on any atom is -0.383 e. The van der Waals surface area contributed by atoms with Crippen molar-refractivity contribution in [1.82, 2.24) is 5.32 Å². The average Bonchev–Trinajstić information content (AvgIpc) is 2.41. The molecule has 0 heterocycles. The summed E-state index contributed by atoms with van der Waals surface area (Å²) in [6.45, 7) is 3.69. The molecule has 1 rings (SSSR count). The summed E-state index contributed by atoms with van der Waals surface area (Å²) < 4.78 is 10.3. The average molecular weight is 287 g/mol. The summed E-state index contributed by atoms with van der Waals surface area (Å²) in [6.07, 6.45) is 0. The van der Waals surface area contributed by atoms with Crippen LogP contribution in [0.5, 0.6) is 0 Å². The Morgan fingerprint density at radius 1 is 1.16 bits per heavy atom. The third-order valence-electron chi connectivity index (χ3n) is 2.88. The molecule has 0 bridgehead atoms. The topological polar surface area (TPSA) is 33.7 Å². The standard InChI is InChI=1S/C14H23ClN2O2/c1-16-11-12-5-4-6-13(15)14(12)17(7-9-18-2)8-10-19-3/h4-6,16H,7-11H2,1-3H3. The minimum absolute atomic E-state index is 0.661. The van der Waals surface area contributed by atoms with E-state index in [0.29, 0.717) is 13.2 Å². The molecule has 0 saturated heterocycles. The molecule has 108 valence electrons. The van der Waals surface area contributed by atoms with Gasteiger partial charge < -0.3 is 19.7 Å². The first-order valence-electron chi connectivity index (χ1n) is 6.39. The molecule has 19 heavy (non-hydrogen) atoms. The van der Waals surface area contributed by atoms with Gasteiger partial charge in [0.15, 0.2) is 0 Å². The maximum absolute atomic E-state index is 6.37. The molecular formula is C14H23ClN2O2. The second kappa shape index (κ2) is 9.15. The number of benzene rings is 1. The van der Waals surface area contributed by atoms with Gasteiger partial charge in [0.05, 0.1) is 23.9 Å². The molecule has 1 aromatic rings. The second-order valence-corrected chi connectivity index (χ2v) is 4.66. The zero-order chi connectivity index (χ0) is 14.1. The lowest BCUT2D eigenvalue weighted by Gasteiger charge is -2.27. The van der Waals surface area contributed by atoms with Crippen LogP contribution in [0.3, 0.4) is 0 Å². The van der Waals surface area contributed by atoms with Crippen molar-refractivity contribution in [2.24, 2.45) is 0 Å². The SMILES string of the molecule is CNCc1cccc(Cl)c1N(CCOC)CCOC. The van der Waals surface area contributed by atoms with E-state index in [1.165, 1.54) is 5.56 Å². The van der Waals surface area contributed by atoms with Crippen LogP contribution in [-0.2, 0) is 16.0 Å². The molecule has 0 amide bonds. The summed E-state index contributed by atoms with van der Waals surface area (Å²) in [5.74, 6) is 0. The number of hydrogen-bond acceptors (Lipinski definition) is 4. The molecule has 0 fully saturated rings. The molecule has 0 unspecified atom stereocenters. The van der Waals surface area contributed by atoms with Crippen molar-refractivity contribution in [3.05, 3.63) is 28.8 Å². The largest absolute Gasteiger partial charge is 0.383 e. The van der Waals surface area contributed by atoms with Crippen LogP contribution in [0.4, 0.5) is 5.69 Å². The van der Waals surface area contributed by atoms with Gasteiger partial charge in [0.1, 0.15) is 0 Å². The maximum Gasteiger partial charge on any atom is 0.0642 e. The van der Waals surface area contributed by atoms with Crippen LogP contribution in [0.1, 0.15) is 5.56 Å². The van der Waals surface area contributed by atoms with Crippen LogP contribution in [0.2, 0.25) is 5.02 Å². The first-order chi connectivity index (χ1) is 9.24. The minimum atomic E-state index is 0.661. The lowest BCUT2D eigenvalue weighted by atomic mass is 10.1. The monoisotopic (exact) mass is 286 g/mol. The normalized spacial score (nSPS) is 10.7. The first kappa shape index (κ1) is 16.2. The molecular weight excluding hydrogens is 264 g/mol. The van der Waals surface area contributed by atoms with E-state index in [9.17, 15) is 0 Å². The fourth-order valence-electron chi connectivity index (χ4n) is 1.99. The Morgan fingerprint density at radius 3 is 2.32 bits per heavy atom. The molecule has 0 radical (unpaired) electrons. The Bertz CT molecular complexity index is 366. The van der Waals surface area contributed by atoms with Gasteiger partial charge in [-0.2, -0.15) is 0 Å². The first-order valence-corrected chi connectivity index (χ1v) is 6.77. The highest BCUT2D eigenvalue weighted by Gasteiger charge is 2.14. The highest BCUT2D eigenvalue weighted by Crippen LogP contribution is 2.29. The lowest BCUT2D eigenvalue weighted by molar-refractivity contribution is 0.190. The smallest absolute Gasteiger partial charge is 0.0642 e. The van der Waals surface area contributed by atoms with E-state index in [0.717, 1.165) is 30.3 Å². The van der Waals surface area contributed by atoms with Crippen molar-refractivity contribution in [2.75, 3.05) is 52.5 Å². The summed E-state index contributed by atoms with van der Waals surface area (Å²) in [5, 5.41) is 3.93. The van der Waals surface area contributed by atoms with Crippen molar-refractivity contribution in [2.45, 2.75) is 6.54 Å². The summed E-state index contributed by atoms with van der Waals surface area (Å²) in [6, 6.07) is 5.98. The molecule has 0 atom stereocenters.